The number of alkyl halides is 3. The van der Waals surface area contributed by atoms with E-state index in [1.807, 2.05) is 13.8 Å². The zero-order valence-corrected chi connectivity index (χ0v) is 22.3. The molecule has 0 bridgehead atoms. The number of fused-ring (bicyclic) bond motifs is 1. The molecule has 14 heteroatoms. The number of anilines is 1. The summed E-state index contributed by atoms with van der Waals surface area (Å²) in [5, 5.41) is 9.18. The van der Waals surface area contributed by atoms with Crippen molar-refractivity contribution in [3.05, 3.63) is 52.7 Å². The highest BCUT2D eigenvalue weighted by molar-refractivity contribution is 6.32. The number of carbonyl (C=O) groups excluding carboxylic acids is 1. The SMILES string of the molecule is CC(C)n1cc(C(F)(F)F)nc1-c1ccc(CN2C(=O)CCn3nc(-c4c(Cl)cnn4C(C)C)nc32)cc1F. The Kier molecular flexibility index (Phi) is 6.73. The predicted molar refractivity (Wildman–Crippen MR) is 135 cm³/mol. The number of hydrogen-bond acceptors (Lipinski definition) is 5. The molecule has 1 aliphatic heterocycles. The Bertz CT molecular complexity index is 1550. The Morgan fingerprint density at radius 2 is 1.85 bits per heavy atom. The van der Waals surface area contributed by atoms with Crippen LogP contribution in [0.4, 0.5) is 23.5 Å². The number of rotatable bonds is 6. The summed E-state index contributed by atoms with van der Waals surface area (Å²) in [5.41, 5.74) is -0.223. The monoisotopic (exact) mass is 564 g/mol. The first-order valence-electron chi connectivity index (χ1n) is 12.3. The van der Waals surface area contributed by atoms with Crippen molar-refractivity contribution in [1.82, 2.24) is 34.1 Å². The molecule has 0 atom stereocenters. The minimum atomic E-state index is -4.66. The number of nitrogens with zero attached hydrogens (tertiary/aromatic N) is 8. The topological polar surface area (TPSA) is 86.7 Å². The van der Waals surface area contributed by atoms with Gasteiger partial charge in [0.05, 0.1) is 29.9 Å². The first-order valence-corrected chi connectivity index (χ1v) is 12.7. The Morgan fingerprint density at radius 1 is 1.10 bits per heavy atom. The van der Waals surface area contributed by atoms with E-state index < -0.39 is 17.7 Å². The van der Waals surface area contributed by atoms with Gasteiger partial charge in [0.25, 0.3) is 0 Å². The fraction of sp³-hybridized carbons (Fsp3) is 0.400. The molecule has 0 fully saturated rings. The quantitative estimate of drug-likeness (QED) is 0.272. The maximum absolute atomic E-state index is 15.3. The lowest BCUT2D eigenvalue weighted by Gasteiger charge is -2.26. The summed E-state index contributed by atoms with van der Waals surface area (Å²) in [5.74, 6) is -0.516. The van der Waals surface area contributed by atoms with Crippen LogP contribution in [0.25, 0.3) is 22.9 Å². The molecule has 39 heavy (non-hydrogen) atoms. The van der Waals surface area contributed by atoms with Gasteiger partial charge in [-0.05, 0) is 45.4 Å². The number of benzene rings is 1. The molecule has 3 aromatic heterocycles. The third kappa shape index (κ3) is 4.90. The van der Waals surface area contributed by atoms with Crippen LogP contribution in [0.2, 0.25) is 5.02 Å². The highest BCUT2D eigenvalue weighted by Crippen LogP contribution is 2.35. The molecule has 0 N–H and O–H groups in total. The van der Waals surface area contributed by atoms with Crippen LogP contribution in [0.3, 0.4) is 0 Å². The van der Waals surface area contributed by atoms with Gasteiger partial charge in [-0.3, -0.25) is 14.4 Å². The van der Waals surface area contributed by atoms with Gasteiger partial charge in [-0.15, -0.1) is 5.10 Å². The van der Waals surface area contributed by atoms with Gasteiger partial charge in [0, 0.05) is 24.7 Å². The molecule has 0 aliphatic carbocycles. The maximum Gasteiger partial charge on any atom is 0.434 e. The van der Waals surface area contributed by atoms with Crippen LogP contribution < -0.4 is 4.90 Å². The maximum atomic E-state index is 15.3. The fourth-order valence-corrected chi connectivity index (χ4v) is 4.69. The van der Waals surface area contributed by atoms with Gasteiger partial charge in [-0.2, -0.15) is 23.3 Å². The average Bonchev–Trinajstić information content (AvgIpc) is 3.57. The molecular formula is C25H25ClF4N8O. The van der Waals surface area contributed by atoms with E-state index in [0.29, 0.717) is 28.6 Å². The van der Waals surface area contributed by atoms with Crippen molar-refractivity contribution in [2.45, 2.75) is 65.5 Å². The van der Waals surface area contributed by atoms with Gasteiger partial charge in [0.2, 0.25) is 17.7 Å². The second kappa shape index (κ2) is 9.78. The number of amides is 1. The summed E-state index contributed by atoms with van der Waals surface area (Å²) >= 11 is 6.36. The highest BCUT2D eigenvalue weighted by Gasteiger charge is 2.36. The number of hydrogen-bond donors (Lipinski definition) is 0. The van der Waals surface area contributed by atoms with Crippen LogP contribution in [-0.4, -0.2) is 40.0 Å². The molecule has 0 saturated carbocycles. The van der Waals surface area contributed by atoms with Crippen LogP contribution in [-0.2, 0) is 24.1 Å². The number of carbonyl (C=O) groups is 1. The largest absolute Gasteiger partial charge is 0.434 e. The minimum Gasteiger partial charge on any atom is -0.328 e. The summed E-state index contributed by atoms with van der Waals surface area (Å²) in [6, 6.07) is 3.73. The van der Waals surface area contributed by atoms with Crippen molar-refractivity contribution >= 4 is 23.5 Å². The van der Waals surface area contributed by atoms with E-state index in [0.717, 1.165) is 6.20 Å². The fourth-order valence-electron chi connectivity index (χ4n) is 4.48. The molecule has 5 rings (SSSR count). The number of aromatic nitrogens is 7. The van der Waals surface area contributed by atoms with Gasteiger partial charge >= 0.3 is 6.18 Å². The van der Waals surface area contributed by atoms with Gasteiger partial charge < -0.3 is 4.57 Å². The van der Waals surface area contributed by atoms with Crippen LogP contribution in [0.15, 0.2) is 30.6 Å². The van der Waals surface area contributed by atoms with Crippen LogP contribution in [0, 0.1) is 5.82 Å². The van der Waals surface area contributed by atoms with Crippen molar-refractivity contribution in [3.63, 3.8) is 0 Å². The summed E-state index contributed by atoms with van der Waals surface area (Å²) in [4.78, 5) is 22.5. The van der Waals surface area contributed by atoms with Crippen LogP contribution in [0.1, 0.15) is 57.5 Å². The van der Waals surface area contributed by atoms with E-state index in [2.05, 4.69) is 20.2 Å². The lowest BCUT2D eigenvalue weighted by Crippen LogP contribution is -2.37. The Balaban J connectivity index is 1.47. The number of aryl methyl sites for hydroxylation is 1. The number of halogens is 5. The molecule has 4 aromatic rings. The average molecular weight is 565 g/mol. The summed E-state index contributed by atoms with van der Waals surface area (Å²) in [7, 11) is 0. The molecule has 9 nitrogen and oxygen atoms in total. The Labute approximate surface area is 226 Å². The molecular weight excluding hydrogens is 540 g/mol. The molecule has 206 valence electrons. The van der Waals surface area contributed by atoms with Gasteiger partial charge in [0.1, 0.15) is 17.3 Å². The number of imidazole rings is 1. The van der Waals surface area contributed by atoms with Crippen molar-refractivity contribution in [2.75, 3.05) is 4.90 Å². The van der Waals surface area contributed by atoms with E-state index in [4.69, 9.17) is 11.6 Å². The highest BCUT2D eigenvalue weighted by atomic mass is 35.5. The molecule has 0 unspecified atom stereocenters. The zero-order valence-electron chi connectivity index (χ0n) is 21.5. The van der Waals surface area contributed by atoms with E-state index in [9.17, 15) is 18.0 Å². The van der Waals surface area contributed by atoms with Crippen LogP contribution >= 0.6 is 11.6 Å². The molecule has 1 aromatic carbocycles. The van der Waals surface area contributed by atoms with Gasteiger partial charge in [0.15, 0.2) is 5.69 Å². The summed E-state index contributed by atoms with van der Waals surface area (Å²) in [6.45, 7) is 7.55. The lowest BCUT2D eigenvalue weighted by atomic mass is 10.1. The minimum absolute atomic E-state index is 0.00856. The van der Waals surface area contributed by atoms with Crippen molar-refractivity contribution < 1.29 is 22.4 Å². The first kappa shape index (κ1) is 26.9. The zero-order chi connectivity index (χ0) is 28.2. The van der Waals surface area contributed by atoms with E-state index in [1.165, 1.54) is 27.8 Å². The van der Waals surface area contributed by atoms with E-state index >= 15 is 4.39 Å². The lowest BCUT2D eigenvalue weighted by molar-refractivity contribution is -0.141. The van der Waals surface area contributed by atoms with Gasteiger partial charge in [-0.1, -0.05) is 17.7 Å². The molecule has 1 aliphatic rings. The summed E-state index contributed by atoms with van der Waals surface area (Å²) in [6.07, 6.45) is -2.11. The first-order chi connectivity index (χ1) is 18.3. The second-order valence-corrected chi connectivity index (χ2v) is 10.2. The third-order valence-electron chi connectivity index (χ3n) is 6.38. The Morgan fingerprint density at radius 3 is 2.49 bits per heavy atom. The van der Waals surface area contributed by atoms with Crippen LogP contribution in [0.5, 0.6) is 0 Å². The molecule has 4 heterocycles. The second-order valence-electron chi connectivity index (χ2n) is 9.83. The molecule has 0 spiro atoms. The normalized spacial score (nSPS) is 14.1. The standard InChI is InChI=1S/C25H25ClF4N8O/c1-13(2)35-12-19(25(28,29)30)32-23(35)16-6-5-15(9-18(16)27)11-36-20(39)7-8-37-24(36)33-22(34-37)21-17(26)10-31-38(21)14(3)4/h5-6,9-10,12-14H,7-8,11H2,1-4H3. The predicted octanol–water partition coefficient (Wildman–Crippen LogP) is 5.92. The smallest absolute Gasteiger partial charge is 0.328 e. The van der Waals surface area contributed by atoms with Gasteiger partial charge in [-0.25, -0.2) is 14.1 Å². The van der Waals surface area contributed by atoms with Crippen molar-refractivity contribution in [1.29, 1.82) is 0 Å². The molecule has 1 amide bonds. The van der Waals surface area contributed by atoms with E-state index in [-0.39, 0.29) is 48.3 Å². The Hall–Kier alpha value is -3.74. The van der Waals surface area contributed by atoms with E-state index in [1.54, 1.807) is 29.3 Å². The van der Waals surface area contributed by atoms with Crippen molar-refractivity contribution in [2.24, 2.45) is 0 Å². The molecule has 0 radical (unpaired) electrons. The third-order valence-corrected chi connectivity index (χ3v) is 6.65. The summed E-state index contributed by atoms with van der Waals surface area (Å²) < 4.78 is 59.7. The molecule has 0 saturated heterocycles. The van der Waals surface area contributed by atoms with Crippen molar-refractivity contribution in [3.8, 4) is 22.9 Å².